The molecule has 9 heteroatoms. The second kappa shape index (κ2) is 10.7. The van der Waals surface area contributed by atoms with E-state index in [1.807, 2.05) is 12.1 Å². The molecule has 0 N–H and O–H groups in total. The molecule has 1 aromatic heterocycles. The molecule has 2 saturated carbocycles. The quantitative estimate of drug-likeness (QED) is 0.323. The first-order valence-electron chi connectivity index (χ1n) is 14.0. The summed E-state index contributed by atoms with van der Waals surface area (Å²) in [7, 11) is -2.96. The van der Waals surface area contributed by atoms with Crippen molar-refractivity contribution >= 4 is 32.6 Å². The van der Waals surface area contributed by atoms with E-state index in [4.69, 9.17) is 4.98 Å². The van der Waals surface area contributed by atoms with Gasteiger partial charge in [-0.05, 0) is 67.6 Å². The average Bonchev–Trinajstić information content (AvgIpc) is 3.60. The van der Waals surface area contributed by atoms with Gasteiger partial charge in [-0.1, -0.05) is 25.0 Å². The molecule has 2 aliphatic carbocycles. The molecule has 40 heavy (non-hydrogen) atoms. The summed E-state index contributed by atoms with van der Waals surface area (Å²) in [5.41, 5.74) is 3.28. The Morgan fingerprint density at radius 2 is 1.68 bits per heavy atom. The zero-order chi connectivity index (χ0) is 27.9. The first kappa shape index (κ1) is 27.1. The summed E-state index contributed by atoms with van der Waals surface area (Å²) in [6.45, 7) is 0.969. The number of ketones is 1. The molecule has 2 heterocycles. The third-order valence-corrected chi connectivity index (χ3v) is 11.5. The normalized spacial score (nSPS) is 23.4. The van der Waals surface area contributed by atoms with E-state index in [1.54, 1.807) is 23.5 Å². The Morgan fingerprint density at radius 1 is 1.02 bits per heavy atom. The number of Topliss-reactive ketones (excluding diaryl/α,β-unsaturated/α-hetero) is 1. The van der Waals surface area contributed by atoms with Crippen LogP contribution in [0.2, 0.25) is 0 Å². The van der Waals surface area contributed by atoms with E-state index in [0.717, 1.165) is 70.9 Å². The molecule has 6 rings (SSSR count). The second-order valence-electron chi connectivity index (χ2n) is 11.5. The fraction of sp³-hybridized carbons (Fsp3) is 0.452. The van der Waals surface area contributed by atoms with Crippen LogP contribution in [0.5, 0.6) is 0 Å². The van der Waals surface area contributed by atoms with Crippen LogP contribution in [-0.2, 0) is 14.6 Å². The van der Waals surface area contributed by atoms with Crippen molar-refractivity contribution in [1.82, 2.24) is 4.98 Å². The van der Waals surface area contributed by atoms with Crippen LogP contribution in [0.4, 0.5) is 10.1 Å². The van der Waals surface area contributed by atoms with E-state index in [1.165, 1.54) is 12.1 Å². The Bertz CT molecular complexity index is 1540. The SMILES string of the molecule is N#CC1(CC(=O)[C@@H]2CCCC[C@H]2c2nc(-c3ccc(F)cc3)sc2-c2ccc(N3CCS(=O)(=O)CC3)cc2)CC1. The highest BCUT2D eigenvalue weighted by Gasteiger charge is 2.47. The molecule has 0 bridgehead atoms. The number of aromatic nitrogens is 1. The van der Waals surface area contributed by atoms with Crippen LogP contribution in [0.1, 0.15) is 56.6 Å². The summed E-state index contributed by atoms with van der Waals surface area (Å²) in [4.78, 5) is 21.8. The largest absolute Gasteiger partial charge is 0.369 e. The van der Waals surface area contributed by atoms with Gasteiger partial charge in [-0.15, -0.1) is 11.3 Å². The third kappa shape index (κ3) is 5.57. The van der Waals surface area contributed by atoms with Crippen molar-refractivity contribution in [3.05, 3.63) is 60.0 Å². The highest BCUT2D eigenvalue weighted by Crippen LogP contribution is 2.51. The van der Waals surface area contributed by atoms with E-state index in [9.17, 15) is 22.9 Å². The van der Waals surface area contributed by atoms with Crippen molar-refractivity contribution in [3.8, 4) is 27.1 Å². The minimum Gasteiger partial charge on any atom is -0.369 e. The maximum absolute atomic E-state index is 13.7. The van der Waals surface area contributed by atoms with Crippen LogP contribution in [0.15, 0.2) is 48.5 Å². The Morgan fingerprint density at radius 3 is 2.33 bits per heavy atom. The highest BCUT2D eigenvalue weighted by molar-refractivity contribution is 7.91. The van der Waals surface area contributed by atoms with Crippen molar-refractivity contribution < 1.29 is 17.6 Å². The standard InChI is InChI=1S/C31H32FN3O3S2/c32-23-9-5-22(6-10-23)30-34-28(26-4-2-1-3-25(26)27(36)19-31(20-33)13-14-31)29(39-30)21-7-11-24(12-8-21)35-15-17-40(37,38)18-16-35/h5-12,25-26H,1-4,13-19H2/t25-,26-/m1/s1. The molecule has 0 amide bonds. The number of nitriles is 1. The number of hydrogen-bond donors (Lipinski definition) is 0. The number of anilines is 1. The van der Waals surface area contributed by atoms with E-state index in [2.05, 4.69) is 23.1 Å². The number of benzene rings is 2. The fourth-order valence-corrected chi connectivity index (χ4v) is 8.44. The maximum Gasteiger partial charge on any atom is 0.153 e. The molecule has 0 radical (unpaired) electrons. The molecule has 1 aliphatic heterocycles. The topological polar surface area (TPSA) is 91.1 Å². The Kier molecular flexibility index (Phi) is 7.26. The molecule has 6 nitrogen and oxygen atoms in total. The lowest BCUT2D eigenvalue weighted by molar-refractivity contribution is -0.125. The summed E-state index contributed by atoms with van der Waals surface area (Å²) in [6, 6.07) is 16.9. The predicted octanol–water partition coefficient (Wildman–Crippen LogP) is 6.39. The average molecular weight is 578 g/mol. The number of sulfone groups is 1. The van der Waals surface area contributed by atoms with Crippen LogP contribution < -0.4 is 4.90 Å². The van der Waals surface area contributed by atoms with Crippen LogP contribution in [-0.4, -0.2) is 43.8 Å². The molecular weight excluding hydrogens is 545 g/mol. The van der Waals surface area contributed by atoms with Gasteiger partial charge in [-0.25, -0.2) is 17.8 Å². The second-order valence-corrected chi connectivity index (χ2v) is 14.8. The van der Waals surface area contributed by atoms with Crippen LogP contribution in [0.25, 0.3) is 21.0 Å². The van der Waals surface area contributed by atoms with Crippen molar-refractivity contribution in [2.75, 3.05) is 29.5 Å². The first-order chi connectivity index (χ1) is 19.3. The number of halogens is 1. The van der Waals surface area contributed by atoms with Crippen molar-refractivity contribution in [3.63, 3.8) is 0 Å². The number of rotatable bonds is 7. The molecule has 0 unspecified atom stereocenters. The van der Waals surface area contributed by atoms with Crippen molar-refractivity contribution in [1.29, 1.82) is 5.26 Å². The monoisotopic (exact) mass is 577 g/mol. The third-order valence-electron chi connectivity index (χ3n) is 8.72. The fourth-order valence-electron chi connectivity index (χ4n) is 6.09. The first-order valence-corrected chi connectivity index (χ1v) is 16.7. The smallest absolute Gasteiger partial charge is 0.153 e. The molecule has 3 aromatic rings. The summed E-state index contributed by atoms with van der Waals surface area (Å²) in [5.74, 6) is 0.0322. The minimum atomic E-state index is -2.96. The number of nitrogens with zero attached hydrogens (tertiary/aromatic N) is 3. The Balaban J connectivity index is 1.35. The van der Waals surface area contributed by atoms with Gasteiger partial charge in [0, 0.05) is 42.6 Å². The van der Waals surface area contributed by atoms with Crippen molar-refractivity contribution in [2.24, 2.45) is 11.3 Å². The van der Waals surface area contributed by atoms with Crippen LogP contribution in [0.3, 0.4) is 0 Å². The number of carbonyl (C=O) groups excluding carboxylic acids is 1. The minimum absolute atomic E-state index is 0.0248. The van der Waals surface area contributed by atoms with E-state index < -0.39 is 15.3 Å². The van der Waals surface area contributed by atoms with Gasteiger partial charge in [0.2, 0.25) is 0 Å². The molecule has 2 aromatic carbocycles. The van der Waals surface area contributed by atoms with Crippen LogP contribution in [0, 0.1) is 28.5 Å². The molecule has 1 saturated heterocycles. The molecule has 3 fully saturated rings. The van der Waals surface area contributed by atoms with Gasteiger partial charge < -0.3 is 4.90 Å². The summed E-state index contributed by atoms with van der Waals surface area (Å²) in [5, 5.41) is 10.4. The Hall–Kier alpha value is -3.09. The zero-order valence-corrected chi connectivity index (χ0v) is 23.9. The molecule has 0 spiro atoms. The van der Waals surface area contributed by atoms with Gasteiger partial charge in [-0.3, -0.25) is 4.79 Å². The Labute approximate surface area is 238 Å². The van der Waals surface area contributed by atoms with Gasteiger partial charge >= 0.3 is 0 Å². The molecular formula is C31H32FN3O3S2. The van der Waals surface area contributed by atoms with E-state index >= 15 is 0 Å². The van der Waals surface area contributed by atoms with Gasteiger partial charge in [0.15, 0.2) is 9.84 Å². The van der Waals surface area contributed by atoms with Crippen molar-refractivity contribution in [2.45, 2.75) is 50.9 Å². The maximum atomic E-state index is 13.7. The number of thiazole rings is 1. The number of hydrogen-bond acceptors (Lipinski definition) is 7. The summed E-state index contributed by atoms with van der Waals surface area (Å²) >= 11 is 1.56. The van der Waals surface area contributed by atoms with Gasteiger partial charge in [0.05, 0.1) is 33.6 Å². The zero-order valence-electron chi connectivity index (χ0n) is 22.3. The lowest BCUT2D eigenvalue weighted by Crippen LogP contribution is -2.40. The lowest BCUT2D eigenvalue weighted by Gasteiger charge is -2.31. The molecule has 2 atom stereocenters. The summed E-state index contributed by atoms with van der Waals surface area (Å²) in [6.07, 6.45) is 5.64. The van der Waals surface area contributed by atoms with Crippen LogP contribution >= 0.6 is 11.3 Å². The van der Waals surface area contributed by atoms with Gasteiger partial charge in [0.1, 0.15) is 16.6 Å². The molecule has 208 valence electrons. The van der Waals surface area contributed by atoms with Gasteiger partial charge in [-0.2, -0.15) is 5.26 Å². The lowest BCUT2D eigenvalue weighted by atomic mass is 9.73. The van der Waals surface area contributed by atoms with Gasteiger partial charge in [0.25, 0.3) is 0 Å². The predicted molar refractivity (Wildman–Crippen MR) is 155 cm³/mol. The van der Waals surface area contributed by atoms with E-state index in [-0.39, 0.29) is 34.9 Å². The molecule has 3 aliphatic rings. The highest BCUT2D eigenvalue weighted by atomic mass is 32.2. The van der Waals surface area contributed by atoms with E-state index in [0.29, 0.717) is 19.5 Å². The number of carbonyl (C=O) groups is 1. The summed E-state index contributed by atoms with van der Waals surface area (Å²) < 4.78 is 37.4.